The molecule has 1 heterocycles. The predicted molar refractivity (Wildman–Crippen MR) is 80.6 cm³/mol. The molecule has 0 radical (unpaired) electrons. The zero-order chi connectivity index (χ0) is 19.5. The fraction of sp³-hybridized carbons (Fsp3) is 0.500. The third-order valence-electron chi connectivity index (χ3n) is 3.70. The molecule has 0 aliphatic carbocycles. The summed E-state index contributed by atoms with van der Waals surface area (Å²) in [4.78, 5) is 12.3. The molecular weight excluding hydrogens is 385 g/mol. The summed E-state index contributed by atoms with van der Waals surface area (Å²) in [7, 11) is -4.18. The van der Waals surface area contributed by atoms with E-state index < -0.39 is 45.2 Å². The van der Waals surface area contributed by atoms with Crippen LogP contribution < -0.4 is 5.32 Å². The number of carbonyl (C=O) groups is 1. The van der Waals surface area contributed by atoms with Crippen molar-refractivity contribution in [2.45, 2.75) is 11.1 Å². The Balaban J connectivity index is 1.92. The highest BCUT2D eigenvalue weighted by atomic mass is 32.2. The lowest BCUT2D eigenvalue weighted by atomic mass is 10.3. The Morgan fingerprint density at radius 3 is 2.27 bits per heavy atom. The SMILES string of the molecule is O=C(CN1CCN(S(=O)(=O)c2ccc(F)cc2F)CC1)NCC(F)(F)F. The summed E-state index contributed by atoms with van der Waals surface area (Å²) in [6.07, 6.45) is -4.51. The molecule has 0 spiro atoms. The molecule has 0 aromatic heterocycles. The molecule has 1 fully saturated rings. The third-order valence-corrected chi connectivity index (χ3v) is 5.63. The van der Waals surface area contributed by atoms with Gasteiger partial charge in [-0.05, 0) is 12.1 Å². The lowest BCUT2D eigenvalue weighted by molar-refractivity contribution is -0.139. The van der Waals surface area contributed by atoms with Gasteiger partial charge in [-0.3, -0.25) is 9.69 Å². The minimum Gasteiger partial charge on any atom is -0.346 e. The number of amides is 1. The number of sulfonamides is 1. The quantitative estimate of drug-likeness (QED) is 0.746. The van der Waals surface area contributed by atoms with Crippen LogP contribution in [0, 0.1) is 11.6 Å². The Morgan fingerprint density at radius 2 is 1.73 bits per heavy atom. The molecule has 1 aliphatic rings. The summed E-state index contributed by atoms with van der Waals surface area (Å²) in [5.41, 5.74) is 0. The highest BCUT2D eigenvalue weighted by Gasteiger charge is 2.32. The van der Waals surface area contributed by atoms with Crippen molar-refractivity contribution in [2.75, 3.05) is 39.3 Å². The van der Waals surface area contributed by atoms with Crippen LogP contribution in [0.5, 0.6) is 0 Å². The van der Waals surface area contributed by atoms with Gasteiger partial charge < -0.3 is 5.32 Å². The van der Waals surface area contributed by atoms with Crippen molar-refractivity contribution in [3.05, 3.63) is 29.8 Å². The van der Waals surface area contributed by atoms with Crippen molar-refractivity contribution >= 4 is 15.9 Å². The van der Waals surface area contributed by atoms with Crippen LogP contribution in [0.2, 0.25) is 0 Å². The van der Waals surface area contributed by atoms with E-state index in [2.05, 4.69) is 0 Å². The van der Waals surface area contributed by atoms with Crippen molar-refractivity contribution in [1.29, 1.82) is 0 Å². The summed E-state index contributed by atoms with van der Waals surface area (Å²) in [5, 5.41) is 1.73. The van der Waals surface area contributed by atoms with Gasteiger partial charge in [-0.1, -0.05) is 0 Å². The molecule has 6 nitrogen and oxygen atoms in total. The van der Waals surface area contributed by atoms with Gasteiger partial charge in [-0.2, -0.15) is 17.5 Å². The van der Waals surface area contributed by atoms with Gasteiger partial charge in [0, 0.05) is 32.2 Å². The Bertz CT molecular complexity index is 762. The summed E-state index contributed by atoms with van der Waals surface area (Å²) >= 11 is 0. The number of hydrogen-bond donors (Lipinski definition) is 1. The van der Waals surface area contributed by atoms with Crippen LogP contribution in [0.3, 0.4) is 0 Å². The first kappa shape index (κ1) is 20.5. The fourth-order valence-electron chi connectivity index (χ4n) is 2.41. The number of piperazine rings is 1. The van der Waals surface area contributed by atoms with Gasteiger partial charge in [-0.25, -0.2) is 17.2 Å². The van der Waals surface area contributed by atoms with Crippen LogP contribution in [0.4, 0.5) is 22.0 Å². The van der Waals surface area contributed by atoms with Gasteiger partial charge in [0.1, 0.15) is 23.1 Å². The average Bonchev–Trinajstić information content (AvgIpc) is 2.52. The summed E-state index contributed by atoms with van der Waals surface area (Å²) in [6, 6.07) is 2.13. The van der Waals surface area contributed by atoms with E-state index in [1.165, 1.54) is 4.90 Å². The second-order valence-corrected chi connectivity index (χ2v) is 7.55. The van der Waals surface area contributed by atoms with Gasteiger partial charge in [-0.15, -0.1) is 0 Å². The van der Waals surface area contributed by atoms with E-state index in [-0.39, 0.29) is 32.7 Å². The molecule has 26 heavy (non-hydrogen) atoms. The average molecular weight is 401 g/mol. The molecule has 146 valence electrons. The van der Waals surface area contributed by atoms with Crippen LogP contribution in [-0.2, 0) is 14.8 Å². The van der Waals surface area contributed by atoms with Crippen LogP contribution >= 0.6 is 0 Å². The van der Waals surface area contributed by atoms with E-state index in [4.69, 9.17) is 0 Å². The smallest absolute Gasteiger partial charge is 0.346 e. The molecule has 12 heteroatoms. The monoisotopic (exact) mass is 401 g/mol. The highest BCUT2D eigenvalue weighted by Crippen LogP contribution is 2.21. The number of nitrogens with zero attached hydrogens (tertiary/aromatic N) is 2. The maximum absolute atomic E-state index is 13.7. The third kappa shape index (κ3) is 5.35. The van der Waals surface area contributed by atoms with Crippen LogP contribution in [0.15, 0.2) is 23.1 Å². The number of benzene rings is 1. The minimum absolute atomic E-state index is 0.0777. The van der Waals surface area contributed by atoms with E-state index in [1.54, 1.807) is 5.32 Å². The van der Waals surface area contributed by atoms with Crippen molar-refractivity contribution in [3.63, 3.8) is 0 Å². The van der Waals surface area contributed by atoms with Crippen molar-refractivity contribution in [3.8, 4) is 0 Å². The van der Waals surface area contributed by atoms with E-state index in [9.17, 15) is 35.2 Å². The van der Waals surface area contributed by atoms with Crippen molar-refractivity contribution in [1.82, 2.24) is 14.5 Å². The van der Waals surface area contributed by atoms with Gasteiger partial charge in [0.25, 0.3) is 0 Å². The summed E-state index contributed by atoms with van der Waals surface area (Å²) in [5.74, 6) is -2.95. The Hall–Kier alpha value is -1.79. The molecule has 0 bridgehead atoms. The molecule has 0 atom stereocenters. The Morgan fingerprint density at radius 1 is 1.12 bits per heavy atom. The Labute approximate surface area is 146 Å². The van der Waals surface area contributed by atoms with Crippen LogP contribution in [0.25, 0.3) is 0 Å². The number of rotatable bonds is 5. The molecule has 1 aliphatic heterocycles. The first-order valence-electron chi connectivity index (χ1n) is 7.50. The molecule has 1 aromatic rings. The largest absolute Gasteiger partial charge is 0.405 e. The normalized spacial score (nSPS) is 17.3. The van der Waals surface area contributed by atoms with E-state index in [0.717, 1.165) is 16.4 Å². The standard InChI is InChI=1S/C14H16F5N3O3S/c15-10-1-2-12(11(16)7-10)26(24,25)22-5-3-21(4-6-22)8-13(23)20-9-14(17,18)19/h1-2,7H,3-6,8-9H2,(H,20,23). The molecule has 1 aromatic carbocycles. The lowest BCUT2D eigenvalue weighted by Crippen LogP contribution is -2.51. The molecule has 0 unspecified atom stereocenters. The number of nitrogens with one attached hydrogen (secondary N) is 1. The van der Waals surface area contributed by atoms with Gasteiger partial charge >= 0.3 is 6.18 Å². The molecule has 1 saturated heterocycles. The molecule has 0 saturated carbocycles. The number of hydrogen-bond acceptors (Lipinski definition) is 4. The zero-order valence-corrected chi connectivity index (χ0v) is 14.2. The molecular formula is C14H16F5N3O3S. The topological polar surface area (TPSA) is 69.7 Å². The Kier molecular flexibility index (Phi) is 6.19. The number of carbonyl (C=O) groups excluding carboxylic acids is 1. The zero-order valence-electron chi connectivity index (χ0n) is 13.4. The fourth-order valence-corrected chi connectivity index (χ4v) is 3.88. The molecule has 1 amide bonds. The number of alkyl halides is 3. The van der Waals surface area contributed by atoms with Crippen LogP contribution in [0.1, 0.15) is 0 Å². The summed E-state index contributed by atoms with van der Waals surface area (Å²) in [6.45, 7) is -1.74. The first-order chi connectivity index (χ1) is 12.0. The summed E-state index contributed by atoms with van der Waals surface area (Å²) < 4.78 is 88.6. The van der Waals surface area contributed by atoms with E-state index >= 15 is 0 Å². The minimum atomic E-state index is -4.51. The van der Waals surface area contributed by atoms with Crippen molar-refractivity contribution < 1.29 is 35.2 Å². The molecule has 1 N–H and O–H groups in total. The van der Waals surface area contributed by atoms with Crippen molar-refractivity contribution in [2.24, 2.45) is 0 Å². The van der Waals surface area contributed by atoms with Crippen LogP contribution in [-0.4, -0.2) is 69.0 Å². The maximum Gasteiger partial charge on any atom is 0.405 e. The highest BCUT2D eigenvalue weighted by molar-refractivity contribution is 7.89. The first-order valence-corrected chi connectivity index (χ1v) is 8.94. The predicted octanol–water partition coefficient (Wildman–Crippen LogP) is 0.950. The second-order valence-electron chi connectivity index (χ2n) is 5.65. The van der Waals surface area contributed by atoms with Gasteiger partial charge in [0.15, 0.2) is 0 Å². The van der Waals surface area contributed by atoms with E-state index in [0.29, 0.717) is 6.07 Å². The van der Waals surface area contributed by atoms with Gasteiger partial charge in [0.05, 0.1) is 6.54 Å². The van der Waals surface area contributed by atoms with E-state index in [1.807, 2.05) is 0 Å². The van der Waals surface area contributed by atoms with Gasteiger partial charge in [0.2, 0.25) is 15.9 Å². The number of halogens is 5. The second kappa shape index (κ2) is 7.84. The lowest BCUT2D eigenvalue weighted by Gasteiger charge is -2.33. The maximum atomic E-state index is 13.7. The molecule has 2 rings (SSSR count).